The molecule has 0 radical (unpaired) electrons. The van der Waals surface area contributed by atoms with E-state index in [9.17, 15) is 4.79 Å². The molecular weight excluding hydrogens is 482 g/mol. The number of aromatic nitrogens is 6. The lowest BCUT2D eigenvalue weighted by Gasteiger charge is -2.10. The molecule has 0 spiro atoms. The molecule has 0 saturated heterocycles. The molecule has 1 aromatic carbocycles. The maximum Gasteiger partial charge on any atom is 0.227 e. The zero-order valence-electron chi connectivity index (χ0n) is 20.1. The highest BCUT2D eigenvalue weighted by Crippen LogP contribution is 2.35. The van der Waals surface area contributed by atoms with Gasteiger partial charge in [-0.15, -0.1) is 11.3 Å². The molecule has 1 saturated carbocycles. The van der Waals surface area contributed by atoms with Crippen molar-refractivity contribution < 1.29 is 4.79 Å². The molecule has 182 valence electrons. The van der Waals surface area contributed by atoms with Crippen molar-refractivity contribution >= 4 is 45.0 Å². The highest BCUT2D eigenvalue weighted by atomic mass is 32.1. The van der Waals surface area contributed by atoms with Crippen LogP contribution in [0.2, 0.25) is 0 Å². The lowest BCUT2D eigenvalue weighted by molar-refractivity contribution is -0.117. The van der Waals surface area contributed by atoms with Crippen molar-refractivity contribution in [3.8, 4) is 33.1 Å². The lowest BCUT2D eigenvalue weighted by Crippen LogP contribution is -2.13. The third-order valence-corrected chi connectivity index (χ3v) is 7.68. The highest BCUT2D eigenvalue weighted by molar-refractivity contribution is 7.13. The van der Waals surface area contributed by atoms with Crippen molar-refractivity contribution in [2.45, 2.75) is 26.2 Å². The van der Waals surface area contributed by atoms with Gasteiger partial charge in [0, 0.05) is 40.0 Å². The highest BCUT2D eigenvalue weighted by Gasteiger charge is 2.29. The van der Waals surface area contributed by atoms with Crippen LogP contribution in [-0.4, -0.2) is 36.0 Å². The Morgan fingerprint density at radius 3 is 2.86 bits per heavy atom. The minimum Gasteiger partial charge on any atom is -0.335 e. The average molecular weight is 506 g/mol. The standard InChI is InChI=1S/C28H23N7OS/c1-2-15-8-17(10-19(9-15)31-28(36)16-5-6-16)18-11-20-25(34-35-26(20)30-12-18)27-32-22-14-29-13-21(24(22)33-27)23-4-3-7-37-23/h3-4,7-14,16H,2,5-6H2,1H3,(H,31,36)(H,32,33)(H,30,34,35). The summed E-state index contributed by atoms with van der Waals surface area (Å²) in [6.07, 6.45) is 8.28. The summed E-state index contributed by atoms with van der Waals surface area (Å²) in [7, 11) is 0. The van der Waals surface area contributed by atoms with Crippen LogP contribution in [0.3, 0.4) is 0 Å². The maximum absolute atomic E-state index is 12.4. The summed E-state index contributed by atoms with van der Waals surface area (Å²) in [4.78, 5) is 30.9. The van der Waals surface area contributed by atoms with Gasteiger partial charge in [0.2, 0.25) is 5.91 Å². The fraction of sp³-hybridized carbons (Fsp3) is 0.179. The molecule has 0 atom stereocenters. The predicted octanol–water partition coefficient (Wildman–Crippen LogP) is 6.20. The van der Waals surface area contributed by atoms with Gasteiger partial charge in [0.15, 0.2) is 11.5 Å². The van der Waals surface area contributed by atoms with Gasteiger partial charge < -0.3 is 10.3 Å². The Morgan fingerprint density at radius 1 is 1.14 bits per heavy atom. The smallest absolute Gasteiger partial charge is 0.227 e. The van der Waals surface area contributed by atoms with Gasteiger partial charge in [0.1, 0.15) is 11.2 Å². The first kappa shape index (κ1) is 21.9. The van der Waals surface area contributed by atoms with Gasteiger partial charge in [-0.2, -0.15) is 5.10 Å². The van der Waals surface area contributed by atoms with Gasteiger partial charge in [-0.3, -0.25) is 14.9 Å². The van der Waals surface area contributed by atoms with E-state index in [0.717, 1.165) is 74.2 Å². The Bertz CT molecular complexity index is 1780. The Balaban J connectivity index is 1.31. The minimum atomic E-state index is 0.103. The molecule has 8 nitrogen and oxygen atoms in total. The number of rotatable bonds is 6. The molecule has 1 aliphatic carbocycles. The largest absolute Gasteiger partial charge is 0.335 e. The number of carbonyl (C=O) groups excluding carboxylic acids is 1. The molecule has 1 aliphatic rings. The number of benzene rings is 1. The lowest BCUT2D eigenvalue weighted by atomic mass is 10.0. The molecule has 0 aliphatic heterocycles. The molecular formula is C28H23N7OS. The van der Waals surface area contributed by atoms with Gasteiger partial charge in [-0.05, 0) is 60.0 Å². The molecule has 37 heavy (non-hydrogen) atoms. The molecule has 3 N–H and O–H groups in total. The number of imidazole rings is 1. The maximum atomic E-state index is 12.4. The summed E-state index contributed by atoms with van der Waals surface area (Å²) < 4.78 is 0. The van der Waals surface area contributed by atoms with Crippen molar-refractivity contribution in [1.82, 2.24) is 30.1 Å². The fourth-order valence-electron chi connectivity index (χ4n) is 4.63. The number of carbonyl (C=O) groups is 1. The molecule has 9 heteroatoms. The number of H-pyrrole nitrogens is 2. The predicted molar refractivity (Wildman–Crippen MR) is 146 cm³/mol. The van der Waals surface area contributed by atoms with E-state index in [1.165, 1.54) is 0 Å². The molecule has 6 aromatic rings. The zero-order valence-corrected chi connectivity index (χ0v) is 20.9. The van der Waals surface area contributed by atoms with E-state index >= 15 is 0 Å². The summed E-state index contributed by atoms with van der Waals surface area (Å²) in [6, 6.07) is 12.4. The van der Waals surface area contributed by atoms with Crippen molar-refractivity contribution in [2.24, 2.45) is 5.92 Å². The number of nitrogens with one attached hydrogen (secondary N) is 3. The summed E-state index contributed by atoms with van der Waals surface area (Å²) >= 11 is 1.66. The van der Waals surface area contributed by atoms with Crippen molar-refractivity contribution in [3.63, 3.8) is 0 Å². The van der Waals surface area contributed by atoms with E-state index in [0.29, 0.717) is 11.5 Å². The zero-order chi connectivity index (χ0) is 24.9. The first-order valence-corrected chi connectivity index (χ1v) is 13.2. The quantitative estimate of drug-likeness (QED) is 0.249. The summed E-state index contributed by atoms with van der Waals surface area (Å²) in [5.41, 5.74) is 8.04. The molecule has 0 unspecified atom stereocenters. The van der Waals surface area contributed by atoms with Gasteiger partial charge >= 0.3 is 0 Å². The second-order valence-corrected chi connectivity index (χ2v) is 10.3. The Morgan fingerprint density at radius 2 is 2.05 bits per heavy atom. The summed E-state index contributed by atoms with van der Waals surface area (Å²) in [5, 5.41) is 13.6. The number of amides is 1. The van der Waals surface area contributed by atoms with Crippen LogP contribution in [0.15, 0.2) is 60.4 Å². The normalized spacial score (nSPS) is 13.4. The van der Waals surface area contributed by atoms with E-state index in [-0.39, 0.29) is 11.8 Å². The number of pyridine rings is 2. The van der Waals surface area contributed by atoms with E-state index < -0.39 is 0 Å². The number of aromatic amines is 2. The fourth-order valence-corrected chi connectivity index (χ4v) is 5.36. The first-order valence-electron chi connectivity index (χ1n) is 12.3. The Kier molecular flexibility index (Phi) is 5.10. The number of anilines is 1. The van der Waals surface area contributed by atoms with E-state index in [2.05, 4.69) is 55.6 Å². The third kappa shape index (κ3) is 3.97. The average Bonchev–Trinajstić information content (AvgIpc) is 3.29. The van der Waals surface area contributed by atoms with Crippen molar-refractivity contribution in [2.75, 3.05) is 5.32 Å². The number of hydrogen-bond acceptors (Lipinski definition) is 6. The molecule has 1 amide bonds. The molecule has 0 bridgehead atoms. The van der Waals surface area contributed by atoms with Gasteiger partial charge in [0.25, 0.3) is 0 Å². The summed E-state index contributed by atoms with van der Waals surface area (Å²) in [5.74, 6) is 0.938. The molecule has 7 rings (SSSR count). The van der Waals surface area contributed by atoms with Crippen molar-refractivity contribution in [1.29, 1.82) is 0 Å². The van der Waals surface area contributed by atoms with Crippen LogP contribution in [0.25, 0.3) is 55.2 Å². The summed E-state index contributed by atoms with van der Waals surface area (Å²) in [6.45, 7) is 2.11. The van der Waals surface area contributed by atoms with Gasteiger partial charge in [-0.25, -0.2) is 9.97 Å². The van der Waals surface area contributed by atoms with E-state index in [1.54, 1.807) is 17.5 Å². The monoisotopic (exact) mass is 505 g/mol. The second kappa shape index (κ2) is 8.63. The van der Waals surface area contributed by atoms with Crippen LogP contribution < -0.4 is 5.32 Å². The Hall–Kier alpha value is -4.37. The van der Waals surface area contributed by atoms with Crippen LogP contribution in [0.4, 0.5) is 5.69 Å². The van der Waals surface area contributed by atoms with Crippen LogP contribution in [0, 0.1) is 5.92 Å². The van der Waals surface area contributed by atoms with E-state index in [4.69, 9.17) is 4.98 Å². The number of thiophene rings is 1. The topological polar surface area (TPSA) is 112 Å². The Labute approximate surface area is 216 Å². The van der Waals surface area contributed by atoms with Gasteiger partial charge in [-0.1, -0.05) is 19.1 Å². The van der Waals surface area contributed by atoms with Crippen molar-refractivity contribution in [3.05, 3.63) is 65.9 Å². The number of aryl methyl sites for hydroxylation is 1. The van der Waals surface area contributed by atoms with E-state index in [1.807, 2.05) is 36.0 Å². The molecule has 5 aromatic heterocycles. The first-order chi connectivity index (χ1) is 18.2. The molecule has 5 heterocycles. The van der Waals surface area contributed by atoms with Gasteiger partial charge in [0.05, 0.1) is 17.1 Å². The number of hydrogen-bond donors (Lipinski definition) is 3. The van der Waals surface area contributed by atoms with Crippen LogP contribution in [0.1, 0.15) is 25.3 Å². The number of nitrogens with zero attached hydrogens (tertiary/aromatic N) is 4. The molecule has 1 fully saturated rings. The minimum absolute atomic E-state index is 0.103. The number of fused-ring (bicyclic) bond motifs is 2. The van der Waals surface area contributed by atoms with Crippen LogP contribution in [-0.2, 0) is 11.2 Å². The van der Waals surface area contributed by atoms with Crippen LogP contribution in [0.5, 0.6) is 0 Å². The van der Waals surface area contributed by atoms with Crippen LogP contribution >= 0.6 is 11.3 Å². The second-order valence-electron chi connectivity index (χ2n) is 9.38. The SMILES string of the molecule is CCc1cc(NC(=O)C2CC2)cc(-c2cnc3n[nH]c(-c4nc5c(-c6cccs6)cncc5[nH]4)c3c2)c1. The third-order valence-electron chi connectivity index (χ3n) is 6.78.